The first-order valence-electron chi connectivity index (χ1n) is 5.73. The van der Waals surface area contributed by atoms with Crippen molar-refractivity contribution in [1.29, 1.82) is 5.41 Å². The molecule has 0 radical (unpaired) electrons. The van der Waals surface area contributed by atoms with Crippen molar-refractivity contribution in [1.82, 2.24) is 0 Å². The summed E-state index contributed by atoms with van der Waals surface area (Å²) in [7, 11) is 0. The SMILES string of the molecule is CCCCOC(=O)C(C(=N)CC(C)C)S(=O)O. The fourth-order valence-corrected chi connectivity index (χ4v) is 1.86. The quantitative estimate of drug-likeness (QED) is 0.303. The highest BCUT2D eigenvalue weighted by molar-refractivity contribution is 7.81. The number of hydrogen-bond acceptors (Lipinski definition) is 4. The van der Waals surface area contributed by atoms with Crippen LogP contribution in [0.4, 0.5) is 0 Å². The smallest absolute Gasteiger partial charge is 0.330 e. The predicted octanol–water partition coefficient (Wildman–Crippen LogP) is 1.99. The highest BCUT2D eigenvalue weighted by atomic mass is 32.2. The third-order valence-electron chi connectivity index (χ3n) is 2.10. The zero-order valence-electron chi connectivity index (χ0n) is 10.6. The second-order valence-corrected chi connectivity index (χ2v) is 5.32. The van der Waals surface area contributed by atoms with E-state index >= 15 is 0 Å². The summed E-state index contributed by atoms with van der Waals surface area (Å²) >= 11 is -2.38. The molecule has 0 saturated heterocycles. The first-order chi connectivity index (χ1) is 7.90. The molecular weight excluding hydrogens is 242 g/mol. The number of nitrogens with one attached hydrogen (secondary N) is 1. The molecule has 5 nitrogen and oxygen atoms in total. The van der Waals surface area contributed by atoms with Crippen molar-refractivity contribution in [3.05, 3.63) is 0 Å². The average molecular weight is 263 g/mol. The zero-order chi connectivity index (χ0) is 13.4. The van der Waals surface area contributed by atoms with Gasteiger partial charge in [-0.15, -0.1) is 0 Å². The number of carbonyl (C=O) groups is 1. The first kappa shape index (κ1) is 16.2. The minimum Gasteiger partial charge on any atom is -0.464 e. The third-order valence-corrected chi connectivity index (χ3v) is 2.98. The maximum atomic E-state index is 11.6. The van der Waals surface area contributed by atoms with Gasteiger partial charge in [0.25, 0.3) is 0 Å². The highest BCUT2D eigenvalue weighted by Crippen LogP contribution is 2.09. The lowest BCUT2D eigenvalue weighted by molar-refractivity contribution is -0.141. The van der Waals surface area contributed by atoms with Crippen LogP contribution in [0.5, 0.6) is 0 Å². The maximum absolute atomic E-state index is 11.6. The minimum absolute atomic E-state index is 0.0395. The van der Waals surface area contributed by atoms with E-state index in [2.05, 4.69) is 0 Å². The molecule has 100 valence electrons. The van der Waals surface area contributed by atoms with E-state index in [1.54, 1.807) is 0 Å². The van der Waals surface area contributed by atoms with Crippen LogP contribution in [0.3, 0.4) is 0 Å². The summed E-state index contributed by atoms with van der Waals surface area (Å²) in [5.41, 5.74) is -0.0395. The van der Waals surface area contributed by atoms with Crippen LogP contribution >= 0.6 is 0 Å². The van der Waals surface area contributed by atoms with Crippen molar-refractivity contribution >= 4 is 22.8 Å². The predicted molar refractivity (Wildman–Crippen MR) is 67.6 cm³/mol. The number of hydrogen-bond donors (Lipinski definition) is 2. The molecule has 2 unspecified atom stereocenters. The second kappa shape index (κ2) is 8.36. The lowest BCUT2D eigenvalue weighted by Crippen LogP contribution is -2.36. The Morgan fingerprint density at radius 3 is 2.47 bits per heavy atom. The molecule has 0 aliphatic carbocycles. The van der Waals surface area contributed by atoms with Gasteiger partial charge in [-0.3, -0.25) is 4.79 Å². The largest absolute Gasteiger partial charge is 0.464 e. The van der Waals surface area contributed by atoms with Crippen LogP contribution in [-0.4, -0.2) is 32.3 Å². The van der Waals surface area contributed by atoms with Gasteiger partial charge in [-0.25, -0.2) is 4.21 Å². The topological polar surface area (TPSA) is 87.5 Å². The Labute approximate surface area is 105 Å². The van der Waals surface area contributed by atoms with Crippen LogP contribution in [0.15, 0.2) is 0 Å². The van der Waals surface area contributed by atoms with Gasteiger partial charge in [-0.2, -0.15) is 0 Å². The van der Waals surface area contributed by atoms with E-state index in [0.717, 1.165) is 6.42 Å². The summed E-state index contributed by atoms with van der Waals surface area (Å²) in [5, 5.41) is 6.32. The lowest BCUT2D eigenvalue weighted by atomic mass is 10.0. The van der Waals surface area contributed by atoms with Crippen LogP contribution in [0.1, 0.15) is 40.0 Å². The van der Waals surface area contributed by atoms with Gasteiger partial charge in [0.15, 0.2) is 16.3 Å². The van der Waals surface area contributed by atoms with Crippen molar-refractivity contribution in [3.8, 4) is 0 Å². The van der Waals surface area contributed by atoms with E-state index in [0.29, 0.717) is 12.8 Å². The number of rotatable bonds is 8. The van der Waals surface area contributed by atoms with Crippen LogP contribution < -0.4 is 0 Å². The van der Waals surface area contributed by atoms with Gasteiger partial charge < -0.3 is 14.7 Å². The van der Waals surface area contributed by atoms with Crippen molar-refractivity contribution < 1.29 is 18.3 Å². The summed E-state index contributed by atoms with van der Waals surface area (Å²) in [4.78, 5) is 11.6. The van der Waals surface area contributed by atoms with Crippen LogP contribution in [0, 0.1) is 11.3 Å². The molecule has 0 heterocycles. The summed E-state index contributed by atoms with van der Waals surface area (Å²) < 4.78 is 25.0. The Morgan fingerprint density at radius 1 is 1.47 bits per heavy atom. The molecule has 0 rings (SSSR count). The third kappa shape index (κ3) is 6.53. The van der Waals surface area contributed by atoms with Crippen molar-refractivity contribution in [2.45, 2.75) is 45.3 Å². The molecule has 0 fully saturated rings. The summed E-state index contributed by atoms with van der Waals surface area (Å²) in [5.74, 6) is -0.609. The Hall–Kier alpha value is -0.750. The van der Waals surface area contributed by atoms with Crippen LogP contribution in [0.2, 0.25) is 0 Å². The molecule has 0 aliphatic rings. The summed E-state index contributed by atoms with van der Waals surface area (Å²) in [6.45, 7) is 5.96. The van der Waals surface area contributed by atoms with Gasteiger partial charge in [0, 0.05) is 5.71 Å². The Morgan fingerprint density at radius 2 is 2.06 bits per heavy atom. The molecule has 0 aromatic rings. The standard InChI is InChI=1S/C11H21NO4S/c1-4-5-6-16-11(13)10(17(14)15)9(12)7-8(2)3/h8,10,12H,4-7H2,1-3H3,(H,14,15). The molecule has 6 heteroatoms. The molecular formula is C11H21NO4S. The molecule has 0 amide bonds. The average Bonchev–Trinajstić information content (AvgIpc) is 2.16. The van der Waals surface area contributed by atoms with Gasteiger partial charge >= 0.3 is 5.97 Å². The first-order valence-corrected chi connectivity index (χ1v) is 6.90. The van der Waals surface area contributed by atoms with E-state index in [4.69, 9.17) is 14.7 Å². The second-order valence-electron chi connectivity index (χ2n) is 4.30. The Kier molecular flexibility index (Phi) is 7.99. The van der Waals surface area contributed by atoms with Crippen molar-refractivity contribution in [2.24, 2.45) is 5.92 Å². The highest BCUT2D eigenvalue weighted by Gasteiger charge is 2.30. The molecule has 2 atom stereocenters. The van der Waals surface area contributed by atoms with Crippen molar-refractivity contribution in [2.75, 3.05) is 6.61 Å². The number of carbonyl (C=O) groups excluding carboxylic acids is 1. The fourth-order valence-electron chi connectivity index (χ4n) is 1.29. The molecule has 17 heavy (non-hydrogen) atoms. The maximum Gasteiger partial charge on any atom is 0.330 e. The van der Waals surface area contributed by atoms with E-state index in [1.807, 2.05) is 20.8 Å². The van der Waals surface area contributed by atoms with Crippen molar-refractivity contribution in [3.63, 3.8) is 0 Å². The molecule has 0 aliphatic heterocycles. The van der Waals surface area contributed by atoms with Crippen LogP contribution in [0.25, 0.3) is 0 Å². The number of esters is 1. The Balaban J connectivity index is 4.46. The molecule has 2 N–H and O–H groups in total. The molecule has 0 aromatic carbocycles. The zero-order valence-corrected chi connectivity index (χ0v) is 11.4. The molecule has 0 spiro atoms. The van der Waals surface area contributed by atoms with Gasteiger partial charge in [-0.1, -0.05) is 27.2 Å². The van der Waals surface area contributed by atoms with E-state index in [9.17, 15) is 9.00 Å². The molecule has 0 aromatic heterocycles. The number of unbranched alkanes of at least 4 members (excludes halogenated alkanes) is 1. The van der Waals surface area contributed by atoms with E-state index < -0.39 is 22.3 Å². The Bertz CT molecular complexity index is 291. The van der Waals surface area contributed by atoms with Crippen LogP contribution in [-0.2, 0) is 20.6 Å². The van der Waals surface area contributed by atoms with E-state index in [-0.39, 0.29) is 18.2 Å². The molecule has 0 saturated carbocycles. The molecule has 0 bridgehead atoms. The minimum atomic E-state index is -2.38. The summed E-state index contributed by atoms with van der Waals surface area (Å²) in [6.07, 6.45) is 1.91. The van der Waals surface area contributed by atoms with Gasteiger partial charge in [0.05, 0.1) is 6.61 Å². The fraction of sp³-hybridized carbons (Fsp3) is 0.818. The van der Waals surface area contributed by atoms with Gasteiger partial charge in [0.1, 0.15) is 0 Å². The summed E-state index contributed by atoms with van der Waals surface area (Å²) in [6, 6.07) is 0. The normalized spacial score (nSPS) is 14.4. The van der Waals surface area contributed by atoms with Gasteiger partial charge in [-0.05, 0) is 18.8 Å². The van der Waals surface area contributed by atoms with E-state index in [1.165, 1.54) is 0 Å². The lowest BCUT2D eigenvalue weighted by Gasteiger charge is -2.15. The number of ether oxygens (including phenoxy) is 1. The van der Waals surface area contributed by atoms with Gasteiger partial charge in [0.2, 0.25) is 0 Å². The monoisotopic (exact) mass is 263 g/mol.